The Labute approximate surface area is 173 Å². The number of fused-ring (bicyclic) bond motifs is 3. The molecule has 1 fully saturated rings. The summed E-state index contributed by atoms with van der Waals surface area (Å²) in [4.78, 5) is 4.49. The van der Waals surface area contributed by atoms with Crippen molar-refractivity contribution in [3.63, 3.8) is 0 Å². The van der Waals surface area contributed by atoms with Gasteiger partial charge in [0.05, 0.1) is 17.9 Å². The molecule has 28 heavy (non-hydrogen) atoms. The summed E-state index contributed by atoms with van der Waals surface area (Å²) in [5.74, 6) is 3.45. The molecule has 1 aromatic carbocycles. The minimum Gasteiger partial charge on any atom is -0.429 e. The number of nitrogens with zero attached hydrogens (tertiary/aromatic N) is 4. The van der Waals surface area contributed by atoms with Crippen molar-refractivity contribution in [2.75, 3.05) is 0 Å². The highest BCUT2D eigenvalue weighted by Crippen LogP contribution is 2.41. The topological polar surface area (TPSA) is 68.8 Å². The molecule has 0 saturated heterocycles. The fourth-order valence-electron chi connectivity index (χ4n) is 4.37. The van der Waals surface area contributed by atoms with Gasteiger partial charge in [0.2, 0.25) is 5.22 Å². The summed E-state index contributed by atoms with van der Waals surface area (Å²) < 4.78 is 7.87. The Bertz CT molecular complexity index is 1000. The average molecular weight is 418 g/mol. The van der Waals surface area contributed by atoms with Crippen LogP contribution in [-0.2, 0) is 13.1 Å². The highest BCUT2D eigenvalue weighted by atomic mass is 35.5. The minimum atomic E-state index is 0.321. The molecule has 146 valence electrons. The molecule has 1 N–H and O–H groups in total. The number of oxazole rings is 1. The van der Waals surface area contributed by atoms with Gasteiger partial charge >= 0.3 is 0 Å². The average Bonchev–Trinajstić information content (AvgIpc) is 3.20. The molecule has 2 aliphatic rings. The van der Waals surface area contributed by atoms with E-state index in [9.17, 15) is 0 Å². The van der Waals surface area contributed by atoms with Gasteiger partial charge in [0.15, 0.2) is 11.7 Å². The molecule has 0 radical (unpaired) electrons. The van der Waals surface area contributed by atoms with Gasteiger partial charge in [-0.15, -0.1) is 10.2 Å². The van der Waals surface area contributed by atoms with E-state index in [-0.39, 0.29) is 0 Å². The van der Waals surface area contributed by atoms with Crippen LogP contribution in [0.5, 0.6) is 0 Å². The lowest BCUT2D eigenvalue weighted by molar-refractivity contribution is 0.331. The summed E-state index contributed by atoms with van der Waals surface area (Å²) in [7, 11) is 0. The molecule has 1 saturated carbocycles. The van der Waals surface area contributed by atoms with Crippen molar-refractivity contribution in [2.24, 2.45) is 0 Å². The van der Waals surface area contributed by atoms with Crippen LogP contribution in [-0.4, -0.2) is 19.7 Å². The highest BCUT2D eigenvalue weighted by Gasteiger charge is 2.31. The smallest absolute Gasteiger partial charge is 0.216 e. The van der Waals surface area contributed by atoms with E-state index < -0.39 is 0 Å². The molecule has 0 amide bonds. The van der Waals surface area contributed by atoms with Crippen LogP contribution in [0, 0.1) is 6.92 Å². The van der Waals surface area contributed by atoms with Crippen LogP contribution in [0.2, 0.25) is 10.2 Å². The van der Waals surface area contributed by atoms with Crippen molar-refractivity contribution >= 4 is 23.2 Å². The summed E-state index contributed by atoms with van der Waals surface area (Å²) in [6.45, 7) is 3.35. The second-order valence-electron chi connectivity index (χ2n) is 7.65. The first-order valence-electron chi connectivity index (χ1n) is 9.66. The molecule has 0 atom stereocenters. The maximum atomic E-state index is 6.21. The van der Waals surface area contributed by atoms with Crippen LogP contribution in [0.15, 0.2) is 22.6 Å². The van der Waals surface area contributed by atoms with E-state index in [0.717, 1.165) is 66.2 Å². The standard InChI is InChI=1S/C20H21Cl2N5O/c1-11-18(22)28-20(24-11)13-4-2-12(3-5-13)19-26-25-17-10-23-9-14-8-15(21)6-7-16(14)27(17)19/h6-8,12-13,23H,2-5,9-10H2,1H3. The van der Waals surface area contributed by atoms with E-state index in [4.69, 9.17) is 27.6 Å². The van der Waals surface area contributed by atoms with Gasteiger partial charge in [-0.3, -0.25) is 4.57 Å². The van der Waals surface area contributed by atoms with E-state index >= 15 is 0 Å². The van der Waals surface area contributed by atoms with E-state index in [2.05, 4.69) is 31.1 Å². The maximum Gasteiger partial charge on any atom is 0.216 e. The Morgan fingerprint density at radius 3 is 2.61 bits per heavy atom. The zero-order chi connectivity index (χ0) is 19.3. The zero-order valence-electron chi connectivity index (χ0n) is 15.6. The fourth-order valence-corrected chi connectivity index (χ4v) is 4.68. The minimum absolute atomic E-state index is 0.321. The number of aryl methyl sites for hydroxylation is 1. The predicted octanol–water partition coefficient (Wildman–Crippen LogP) is 4.92. The van der Waals surface area contributed by atoms with Gasteiger partial charge < -0.3 is 9.73 Å². The zero-order valence-corrected chi connectivity index (χ0v) is 17.1. The Morgan fingerprint density at radius 1 is 1.07 bits per heavy atom. The van der Waals surface area contributed by atoms with E-state index in [1.54, 1.807) is 0 Å². The van der Waals surface area contributed by atoms with E-state index in [1.165, 1.54) is 5.56 Å². The monoisotopic (exact) mass is 417 g/mol. The Balaban J connectivity index is 1.42. The molecular formula is C20H21Cl2N5O. The van der Waals surface area contributed by atoms with Crippen molar-refractivity contribution in [1.82, 2.24) is 25.1 Å². The molecule has 1 aliphatic carbocycles. The van der Waals surface area contributed by atoms with Crippen LogP contribution in [0.25, 0.3) is 5.69 Å². The van der Waals surface area contributed by atoms with Gasteiger partial charge in [-0.2, -0.15) is 0 Å². The van der Waals surface area contributed by atoms with Crippen LogP contribution in [0.4, 0.5) is 0 Å². The summed E-state index contributed by atoms with van der Waals surface area (Å²) >= 11 is 12.3. The SMILES string of the molecule is Cc1nc(C2CCC(c3nnc4n3-c3ccc(Cl)cc3CNC4)CC2)oc1Cl. The first-order valence-corrected chi connectivity index (χ1v) is 10.4. The van der Waals surface area contributed by atoms with Gasteiger partial charge in [0, 0.05) is 23.4 Å². The number of halogens is 2. The summed E-state index contributed by atoms with van der Waals surface area (Å²) in [6, 6.07) is 6.03. The number of benzene rings is 1. The van der Waals surface area contributed by atoms with Gasteiger partial charge in [-0.05, 0) is 68.0 Å². The van der Waals surface area contributed by atoms with E-state index in [1.807, 2.05) is 19.1 Å². The normalized spacial score (nSPS) is 21.8. The second-order valence-corrected chi connectivity index (χ2v) is 8.43. The Morgan fingerprint density at radius 2 is 1.86 bits per heavy atom. The number of hydrogen-bond acceptors (Lipinski definition) is 5. The second kappa shape index (κ2) is 7.17. The molecule has 8 heteroatoms. The lowest BCUT2D eigenvalue weighted by Gasteiger charge is -2.26. The van der Waals surface area contributed by atoms with Crippen molar-refractivity contribution < 1.29 is 4.42 Å². The third-order valence-electron chi connectivity index (χ3n) is 5.83. The maximum absolute atomic E-state index is 6.21. The van der Waals surface area contributed by atoms with Crippen LogP contribution in [0.3, 0.4) is 0 Å². The lowest BCUT2D eigenvalue weighted by atomic mass is 9.81. The molecule has 6 nitrogen and oxygen atoms in total. The van der Waals surface area contributed by atoms with Crippen molar-refractivity contribution in [3.05, 3.63) is 57.2 Å². The third kappa shape index (κ3) is 3.13. The van der Waals surface area contributed by atoms with Crippen LogP contribution >= 0.6 is 23.2 Å². The molecule has 0 spiro atoms. The Hall–Kier alpha value is -1.89. The third-order valence-corrected chi connectivity index (χ3v) is 6.42. The van der Waals surface area contributed by atoms with Crippen LogP contribution < -0.4 is 5.32 Å². The quantitative estimate of drug-likeness (QED) is 0.640. The molecule has 3 aromatic rings. The predicted molar refractivity (Wildman–Crippen MR) is 107 cm³/mol. The molecule has 0 bridgehead atoms. The first kappa shape index (κ1) is 18.2. The van der Waals surface area contributed by atoms with Crippen molar-refractivity contribution in [2.45, 2.75) is 57.5 Å². The summed E-state index contributed by atoms with van der Waals surface area (Å²) in [6.07, 6.45) is 4.07. The first-order chi connectivity index (χ1) is 13.6. The van der Waals surface area contributed by atoms with Gasteiger partial charge in [-0.25, -0.2) is 4.98 Å². The van der Waals surface area contributed by atoms with Gasteiger partial charge in [0.1, 0.15) is 5.82 Å². The molecular weight excluding hydrogens is 397 g/mol. The molecule has 3 heterocycles. The molecule has 5 rings (SSSR count). The van der Waals surface area contributed by atoms with Crippen molar-refractivity contribution in [1.29, 1.82) is 0 Å². The number of hydrogen-bond donors (Lipinski definition) is 1. The summed E-state index contributed by atoms with van der Waals surface area (Å²) in [5.41, 5.74) is 3.07. The number of nitrogens with one attached hydrogen (secondary N) is 1. The summed E-state index contributed by atoms with van der Waals surface area (Å²) in [5, 5.41) is 13.6. The Kier molecular flexibility index (Phi) is 4.65. The highest BCUT2D eigenvalue weighted by molar-refractivity contribution is 6.30. The molecule has 2 aromatic heterocycles. The molecule has 0 unspecified atom stereocenters. The largest absolute Gasteiger partial charge is 0.429 e. The lowest BCUT2D eigenvalue weighted by Crippen LogP contribution is -2.17. The number of rotatable bonds is 2. The fraction of sp³-hybridized carbons (Fsp3) is 0.450. The molecule has 1 aliphatic heterocycles. The van der Waals surface area contributed by atoms with Crippen molar-refractivity contribution in [3.8, 4) is 5.69 Å². The van der Waals surface area contributed by atoms with E-state index in [0.29, 0.717) is 23.6 Å². The number of aromatic nitrogens is 4. The van der Waals surface area contributed by atoms with Gasteiger partial charge in [0.25, 0.3) is 0 Å². The van der Waals surface area contributed by atoms with Gasteiger partial charge in [-0.1, -0.05) is 11.6 Å². The van der Waals surface area contributed by atoms with Crippen LogP contribution in [0.1, 0.15) is 66.3 Å².